The van der Waals surface area contributed by atoms with Crippen LogP contribution < -0.4 is 4.74 Å². The molecular formula is C13H24O2. The zero-order valence-electron chi connectivity index (χ0n) is 10.6. The number of hydrogen-bond donors (Lipinski definition) is 1. The zero-order valence-corrected chi connectivity index (χ0v) is 10.6. The van der Waals surface area contributed by atoms with Gasteiger partial charge in [0, 0.05) is 0 Å². The van der Waals surface area contributed by atoms with Crippen LogP contribution >= 0.6 is 0 Å². The second kappa shape index (κ2) is 13.0. The first-order chi connectivity index (χ1) is 7.33. The number of aliphatic hydroxyl groups is 1. The van der Waals surface area contributed by atoms with Crippen LogP contribution in [-0.2, 0) is 0 Å². The highest BCUT2D eigenvalue weighted by molar-refractivity contribution is 5.26. The van der Waals surface area contributed by atoms with Gasteiger partial charge in [-0.05, 0) is 19.1 Å². The molecule has 0 bridgehead atoms. The molecule has 0 heterocycles. The molecule has 0 aliphatic rings. The van der Waals surface area contributed by atoms with E-state index >= 15 is 0 Å². The number of ether oxygens (including phenoxy) is 1. The molecule has 0 radical (unpaired) electrons. The van der Waals surface area contributed by atoms with Crippen molar-refractivity contribution in [3.8, 4) is 5.75 Å². The number of aryl methyl sites for hydroxylation is 1. The first-order valence-corrected chi connectivity index (χ1v) is 5.63. The minimum atomic E-state index is 0.0634. The van der Waals surface area contributed by atoms with Crippen LogP contribution in [0.3, 0.4) is 0 Å². The highest BCUT2D eigenvalue weighted by Gasteiger charge is 1.90. The third-order valence-electron chi connectivity index (χ3n) is 1.38. The minimum absolute atomic E-state index is 0.0634. The topological polar surface area (TPSA) is 29.5 Å². The lowest BCUT2D eigenvalue weighted by Gasteiger charge is -2.02. The summed E-state index contributed by atoms with van der Waals surface area (Å²) in [7, 11) is 0. The van der Waals surface area contributed by atoms with E-state index in [1.165, 1.54) is 5.56 Å². The lowest BCUT2D eigenvalue weighted by Crippen LogP contribution is -2.01. The Bertz CT molecular complexity index is 204. The van der Waals surface area contributed by atoms with E-state index in [0.717, 1.165) is 5.75 Å². The molecule has 15 heavy (non-hydrogen) atoms. The molecule has 0 fully saturated rings. The Morgan fingerprint density at radius 1 is 1.00 bits per heavy atom. The van der Waals surface area contributed by atoms with Crippen LogP contribution in [0.5, 0.6) is 5.75 Å². The Labute approximate surface area is 93.9 Å². The van der Waals surface area contributed by atoms with Crippen LogP contribution in [0, 0.1) is 6.92 Å². The van der Waals surface area contributed by atoms with Crippen molar-refractivity contribution in [1.29, 1.82) is 0 Å². The monoisotopic (exact) mass is 212 g/mol. The first kappa shape index (κ1) is 16.4. The van der Waals surface area contributed by atoms with Gasteiger partial charge in [-0.1, -0.05) is 45.4 Å². The van der Waals surface area contributed by atoms with Crippen LogP contribution in [0.4, 0.5) is 0 Å². The van der Waals surface area contributed by atoms with Crippen molar-refractivity contribution in [1.82, 2.24) is 0 Å². The van der Waals surface area contributed by atoms with Gasteiger partial charge in [-0.2, -0.15) is 0 Å². The molecule has 0 atom stereocenters. The summed E-state index contributed by atoms with van der Waals surface area (Å²) in [5.74, 6) is 0.810. The Kier molecular flexibility index (Phi) is 14.2. The van der Waals surface area contributed by atoms with Crippen molar-refractivity contribution in [2.45, 2.75) is 34.6 Å². The predicted octanol–water partition coefficient (Wildman–Crippen LogP) is 3.42. The van der Waals surface area contributed by atoms with Crippen molar-refractivity contribution < 1.29 is 9.84 Å². The third-order valence-corrected chi connectivity index (χ3v) is 1.38. The summed E-state index contributed by atoms with van der Waals surface area (Å²) in [5, 5.41) is 8.46. The molecule has 2 nitrogen and oxygen atoms in total. The standard InChI is InChI=1S/C9H12O2.2C2H6/c1-8-2-4-9(5-3-8)11-7-6-10;2*1-2/h2-5,10H,6-7H2,1H3;2*1-2H3. The van der Waals surface area contributed by atoms with Crippen LogP contribution in [-0.4, -0.2) is 18.3 Å². The summed E-state index contributed by atoms with van der Waals surface area (Å²) in [6, 6.07) is 7.75. The molecule has 2 heteroatoms. The molecule has 1 N–H and O–H groups in total. The van der Waals surface area contributed by atoms with Crippen LogP contribution in [0.25, 0.3) is 0 Å². The van der Waals surface area contributed by atoms with E-state index in [0.29, 0.717) is 6.61 Å². The van der Waals surface area contributed by atoms with Gasteiger partial charge in [0.05, 0.1) is 6.61 Å². The smallest absolute Gasteiger partial charge is 0.119 e. The number of rotatable bonds is 3. The first-order valence-electron chi connectivity index (χ1n) is 5.63. The summed E-state index contributed by atoms with van der Waals surface area (Å²) in [6.45, 7) is 10.5. The molecule has 0 spiro atoms. The molecule has 0 saturated carbocycles. The van der Waals surface area contributed by atoms with E-state index < -0.39 is 0 Å². The van der Waals surface area contributed by atoms with E-state index in [2.05, 4.69) is 0 Å². The van der Waals surface area contributed by atoms with Gasteiger partial charge in [0.1, 0.15) is 12.4 Å². The molecule has 0 unspecified atom stereocenters. The fourth-order valence-electron chi connectivity index (χ4n) is 0.798. The van der Waals surface area contributed by atoms with Crippen molar-refractivity contribution in [3.05, 3.63) is 29.8 Å². The van der Waals surface area contributed by atoms with Crippen molar-refractivity contribution in [2.75, 3.05) is 13.2 Å². The molecule has 1 aromatic rings. The van der Waals surface area contributed by atoms with Gasteiger partial charge in [-0.15, -0.1) is 0 Å². The van der Waals surface area contributed by atoms with Crippen LogP contribution in [0.15, 0.2) is 24.3 Å². The van der Waals surface area contributed by atoms with E-state index in [1.54, 1.807) is 0 Å². The van der Waals surface area contributed by atoms with E-state index in [1.807, 2.05) is 58.9 Å². The van der Waals surface area contributed by atoms with Gasteiger partial charge < -0.3 is 9.84 Å². The van der Waals surface area contributed by atoms with Crippen molar-refractivity contribution in [3.63, 3.8) is 0 Å². The average Bonchev–Trinajstić information content (AvgIpc) is 2.34. The summed E-state index contributed by atoms with van der Waals surface area (Å²) in [6.07, 6.45) is 0. The zero-order chi connectivity index (χ0) is 12.1. The molecule has 0 aliphatic carbocycles. The number of aliphatic hydroxyl groups excluding tert-OH is 1. The summed E-state index contributed by atoms with van der Waals surface area (Å²) in [5.41, 5.74) is 1.21. The number of benzene rings is 1. The Balaban J connectivity index is 0. The van der Waals surface area contributed by atoms with Crippen LogP contribution in [0.1, 0.15) is 33.3 Å². The maximum Gasteiger partial charge on any atom is 0.119 e. The molecular weight excluding hydrogens is 188 g/mol. The second-order valence-electron chi connectivity index (χ2n) is 2.39. The maximum absolute atomic E-state index is 8.46. The van der Waals surface area contributed by atoms with Gasteiger partial charge in [-0.25, -0.2) is 0 Å². The quantitative estimate of drug-likeness (QED) is 0.832. The number of hydrogen-bond acceptors (Lipinski definition) is 2. The Morgan fingerprint density at radius 2 is 1.47 bits per heavy atom. The molecule has 1 aromatic carbocycles. The predicted molar refractivity (Wildman–Crippen MR) is 66.5 cm³/mol. The SMILES string of the molecule is CC.CC.Cc1ccc(OCCO)cc1. The average molecular weight is 212 g/mol. The fraction of sp³-hybridized carbons (Fsp3) is 0.538. The Morgan fingerprint density at radius 3 is 1.87 bits per heavy atom. The molecule has 88 valence electrons. The van der Waals surface area contributed by atoms with Crippen molar-refractivity contribution in [2.24, 2.45) is 0 Å². The minimum Gasteiger partial charge on any atom is -0.491 e. The highest BCUT2D eigenvalue weighted by Crippen LogP contribution is 2.10. The summed E-state index contributed by atoms with van der Waals surface area (Å²) in [4.78, 5) is 0. The van der Waals surface area contributed by atoms with E-state index in [9.17, 15) is 0 Å². The lowest BCUT2D eigenvalue weighted by molar-refractivity contribution is 0.201. The van der Waals surface area contributed by atoms with Gasteiger partial charge in [0.15, 0.2) is 0 Å². The maximum atomic E-state index is 8.46. The summed E-state index contributed by atoms with van der Waals surface area (Å²) >= 11 is 0. The molecule has 0 aliphatic heterocycles. The fourth-order valence-corrected chi connectivity index (χ4v) is 0.798. The Hall–Kier alpha value is -1.02. The molecule has 0 amide bonds. The lowest BCUT2D eigenvalue weighted by atomic mass is 10.2. The van der Waals surface area contributed by atoms with Gasteiger partial charge in [0.2, 0.25) is 0 Å². The van der Waals surface area contributed by atoms with Crippen LogP contribution in [0.2, 0.25) is 0 Å². The molecule has 1 rings (SSSR count). The second-order valence-corrected chi connectivity index (χ2v) is 2.39. The highest BCUT2D eigenvalue weighted by atomic mass is 16.5. The third kappa shape index (κ3) is 9.29. The van der Waals surface area contributed by atoms with E-state index in [4.69, 9.17) is 9.84 Å². The normalized spacial score (nSPS) is 7.87. The summed E-state index contributed by atoms with van der Waals surface area (Å²) < 4.78 is 5.16. The molecule has 0 saturated heterocycles. The van der Waals surface area contributed by atoms with Crippen molar-refractivity contribution >= 4 is 0 Å². The van der Waals surface area contributed by atoms with E-state index in [-0.39, 0.29) is 6.61 Å². The molecule has 0 aromatic heterocycles. The van der Waals surface area contributed by atoms with Gasteiger partial charge >= 0.3 is 0 Å². The van der Waals surface area contributed by atoms with Gasteiger partial charge in [-0.3, -0.25) is 0 Å². The largest absolute Gasteiger partial charge is 0.491 e. The van der Waals surface area contributed by atoms with Gasteiger partial charge in [0.25, 0.3) is 0 Å².